The van der Waals surface area contributed by atoms with E-state index in [1.54, 1.807) is 24.5 Å². The maximum atomic E-state index is 14.5. The van der Waals surface area contributed by atoms with E-state index in [4.69, 9.17) is 0 Å². The molecule has 3 aliphatic rings. The summed E-state index contributed by atoms with van der Waals surface area (Å²) in [6.07, 6.45) is 22.9. The number of ketones is 1. The third-order valence-electron chi connectivity index (χ3n) is 8.92. The molecule has 5 rings (SSSR count). The molecule has 0 saturated heterocycles. The maximum Gasteiger partial charge on any atom is 0.237 e. The van der Waals surface area contributed by atoms with Gasteiger partial charge in [0.2, 0.25) is 5.91 Å². The Morgan fingerprint density at radius 1 is 1.12 bits per heavy atom. The number of para-hydroxylation sites is 1. The molecule has 0 radical (unpaired) electrons. The minimum atomic E-state index is -0.442. The Kier molecular flexibility index (Phi) is 9.21. The lowest BCUT2D eigenvalue weighted by Gasteiger charge is -2.33. The quantitative estimate of drug-likeness (QED) is 0.176. The van der Waals surface area contributed by atoms with Crippen LogP contribution in [0.25, 0.3) is 0 Å². The van der Waals surface area contributed by atoms with Gasteiger partial charge in [-0.2, -0.15) is 0 Å². The van der Waals surface area contributed by atoms with Crippen LogP contribution in [-0.4, -0.2) is 36.8 Å². The number of carbonyl (C=O) groups is 2. The zero-order valence-corrected chi connectivity index (χ0v) is 24.9. The fourth-order valence-corrected chi connectivity index (χ4v) is 6.59. The Balaban J connectivity index is 1.30. The Bertz CT molecular complexity index is 1410. The summed E-state index contributed by atoms with van der Waals surface area (Å²) in [6.45, 7) is 5.06. The van der Waals surface area contributed by atoms with E-state index in [1.807, 2.05) is 60.5 Å². The second-order valence-corrected chi connectivity index (χ2v) is 11.9. The van der Waals surface area contributed by atoms with Crippen molar-refractivity contribution in [3.8, 4) is 0 Å². The number of hydrogen-bond donors (Lipinski definition) is 2. The number of nitrogens with one attached hydrogen (secondary N) is 2. The molecule has 1 aromatic heterocycles. The number of amides is 1. The second-order valence-electron chi connectivity index (χ2n) is 11.9. The van der Waals surface area contributed by atoms with Gasteiger partial charge in [-0.25, -0.2) is 0 Å². The maximum absolute atomic E-state index is 14.5. The highest BCUT2D eigenvalue weighted by Crippen LogP contribution is 2.64. The van der Waals surface area contributed by atoms with Crippen molar-refractivity contribution in [2.24, 2.45) is 29.1 Å². The van der Waals surface area contributed by atoms with Gasteiger partial charge in [0.05, 0.1) is 24.2 Å². The predicted octanol–water partition coefficient (Wildman–Crippen LogP) is 6.50. The van der Waals surface area contributed by atoms with E-state index in [9.17, 15) is 9.59 Å². The molecule has 0 spiro atoms. The third-order valence-corrected chi connectivity index (χ3v) is 8.92. The number of nitrogens with zero attached hydrogens (tertiary/aromatic N) is 2. The molecular weight excluding hydrogens is 520 g/mol. The van der Waals surface area contributed by atoms with Crippen LogP contribution in [0.3, 0.4) is 0 Å². The van der Waals surface area contributed by atoms with Crippen molar-refractivity contribution in [1.82, 2.24) is 10.3 Å². The van der Waals surface area contributed by atoms with Crippen LogP contribution in [0, 0.1) is 29.1 Å². The van der Waals surface area contributed by atoms with Gasteiger partial charge in [0, 0.05) is 30.8 Å². The van der Waals surface area contributed by atoms with Crippen molar-refractivity contribution >= 4 is 23.1 Å². The minimum Gasteiger partial charge on any atom is -0.390 e. The van der Waals surface area contributed by atoms with Crippen LogP contribution in [0.15, 0.2) is 115 Å². The van der Waals surface area contributed by atoms with Crippen molar-refractivity contribution in [2.45, 2.75) is 33.1 Å². The largest absolute Gasteiger partial charge is 0.390 e. The highest BCUT2D eigenvalue weighted by Gasteiger charge is 2.63. The van der Waals surface area contributed by atoms with Crippen LogP contribution in [0.4, 0.5) is 11.4 Å². The Hall–Kier alpha value is -4.19. The molecule has 2 N–H and O–H groups in total. The van der Waals surface area contributed by atoms with Gasteiger partial charge in [0.25, 0.3) is 0 Å². The van der Waals surface area contributed by atoms with Gasteiger partial charge in [0.15, 0.2) is 5.78 Å². The molecule has 5 unspecified atom stereocenters. The van der Waals surface area contributed by atoms with Gasteiger partial charge in [0.1, 0.15) is 0 Å². The first-order valence-electron chi connectivity index (χ1n) is 15.0. The van der Waals surface area contributed by atoms with E-state index >= 15 is 0 Å². The zero-order chi connectivity index (χ0) is 29.5. The van der Waals surface area contributed by atoms with E-state index in [1.165, 1.54) is 5.57 Å². The predicted molar refractivity (Wildman–Crippen MR) is 171 cm³/mol. The lowest BCUT2D eigenvalue weighted by Crippen LogP contribution is -2.42. The van der Waals surface area contributed by atoms with Crippen LogP contribution in [-0.2, 0) is 9.59 Å². The van der Waals surface area contributed by atoms with E-state index in [0.29, 0.717) is 30.2 Å². The second kappa shape index (κ2) is 13.2. The molecule has 6 nitrogen and oxygen atoms in total. The van der Waals surface area contributed by atoms with Crippen molar-refractivity contribution in [3.05, 3.63) is 115 Å². The summed E-state index contributed by atoms with van der Waals surface area (Å²) in [5, 5.41) is 6.33. The molecule has 6 heteroatoms. The minimum absolute atomic E-state index is 0.0484. The summed E-state index contributed by atoms with van der Waals surface area (Å²) in [5.74, 6) is 2.05. The van der Waals surface area contributed by atoms with Gasteiger partial charge >= 0.3 is 0 Å². The summed E-state index contributed by atoms with van der Waals surface area (Å²) in [4.78, 5) is 32.9. The number of pyridine rings is 1. The summed E-state index contributed by atoms with van der Waals surface area (Å²) < 4.78 is 0. The van der Waals surface area contributed by atoms with E-state index in [-0.39, 0.29) is 18.2 Å². The molecule has 1 aromatic carbocycles. The van der Waals surface area contributed by atoms with Gasteiger partial charge in [-0.1, -0.05) is 67.2 Å². The number of anilines is 2. The number of hydrogen-bond acceptors (Lipinski definition) is 5. The van der Waals surface area contributed by atoms with Gasteiger partial charge in [-0.15, -0.1) is 0 Å². The number of rotatable bonds is 12. The van der Waals surface area contributed by atoms with Gasteiger partial charge in [-0.3, -0.25) is 14.6 Å². The highest BCUT2D eigenvalue weighted by molar-refractivity contribution is 6.02. The van der Waals surface area contributed by atoms with Crippen LogP contribution in [0.2, 0.25) is 0 Å². The lowest BCUT2D eigenvalue weighted by atomic mass is 9.74. The van der Waals surface area contributed by atoms with E-state index < -0.39 is 5.41 Å². The normalized spacial score (nSPS) is 26.4. The van der Waals surface area contributed by atoms with Crippen LogP contribution >= 0.6 is 0 Å². The number of benzene rings is 1. The fraction of sp³-hybridized carbons (Fsp3) is 0.361. The molecule has 1 fully saturated rings. The highest BCUT2D eigenvalue weighted by atomic mass is 16.2. The third kappa shape index (κ3) is 6.81. The van der Waals surface area contributed by atoms with Crippen LogP contribution in [0.1, 0.15) is 33.1 Å². The fourth-order valence-electron chi connectivity index (χ4n) is 6.59. The Labute approximate surface area is 250 Å². The topological polar surface area (TPSA) is 74.3 Å². The SMILES string of the molecule is CN/C(=C\C=C\C(=O)CNc1cccnc1)CN(C(=O)C12C=C(C)CC(CC3C=CC=CC3C)C1C2)c1ccccc1. The molecule has 1 saturated carbocycles. The molecule has 1 heterocycles. The summed E-state index contributed by atoms with van der Waals surface area (Å²) in [7, 11) is 1.85. The first kappa shape index (κ1) is 29.3. The van der Waals surface area contributed by atoms with Gasteiger partial charge < -0.3 is 15.5 Å². The van der Waals surface area contributed by atoms with E-state index in [2.05, 4.69) is 59.8 Å². The average molecular weight is 563 g/mol. The van der Waals surface area contributed by atoms with Crippen molar-refractivity contribution in [3.63, 3.8) is 0 Å². The number of carbonyl (C=O) groups excluding carboxylic acids is 2. The molecule has 5 atom stereocenters. The molecule has 3 aliphatic carbocycles. The number of aromatic nitrogens is 1. The van der Waals surface area contributed by atoms with Crippen molar-refractivity contribution in [2.75, 3.05) is 30.4 Å². The molecule has 218 valence electrons. The Morgan fingerprint density at radius 2 is 1.93 bits per heavy atom. The number of allylic oxidation sites excluding steroid dienone is 7. The van der Waals surface area contributed by atoms with Crippen LogP contribution in [0.5, 0.6) is 0 Å². The monoisotopic (exact) mass is 562 g/mol. The first-order chi connectivity index (χ1) is 20.4. The summed E-state index contributed by atoms with van der Waals surface area (Å²) in [6, 6.07) is 13.6. The molecule has 0 aliphatic heterocycles. The molecule has 2 aromatic rings. The lowest BCUT2D eigenvalue weighted by molar-refractivity contribution is -0.123. The number of likely N-dealkylation sites (N-methyl/N-ethyl adjacent to an activating group) is 1. The molecule has 1 amide bonds. The number of fused-ring (bicyclic) bond motifs is 1. The standard InChI is InChI=1S/C36H42N4O2/c1-26-19-29(20-28-12-8-7-11-27(28)2)34-22-36(34,21-26)35(42)40(32-15-5-4-6-16-32)25-31(37-3)13-9-17-33(41)24-39-30-14-10-18-38-23-30/h4-18,21,23,27-29,34,37,39H,19-20,22,24-25H2,1-3H3/b17-9+,31-13-. The van der Waals surface area contributed by atoms with Crippen LogP contribution < -0.4 is 15.5 Å². The average Bonchev–Trinajstić information content (AvgIpc) is 3.75. The van der Waals surface area contributed by atoms with Crippen molar-refractivity contribution in [1.29, 1.82) is 0 Å². The molecule has 42 heavy (non-hydrogen) atoms. The first-order valence-corrected chi connectivity index (χ1v) is 15.0. The van der Waals surface area contributed by atoms with Crippen molar-refractivity contribution < 1.29 is 9.59 Å². The Morgan fingerprint density at radius 3 is 2.67 bits per heavy atom. The zero-order valence-electron chi connectivity index (χ0n) is 24.9. The summed E-state index contributed by atoms with van der Waals surface area (Å²) in [5.41, 5.74) is 3.42. The molecule has 0 bridgehead atoms. The summed E-state index contributed by atoms with van der Waals surface area (Å²) >= 11 is 0. The molecular formula is C36H42N4O2. The smallest absolute Gasteiger partial charge is 0.237 e. The van der Waals surface area contributed by atoms with E-state index in [0.717, 1.165) is 36.3 Å². The van der Waals surface area contributed by atoms with Gasteiger partial charge in [-0.05, 0) is 86.3 Å².